The van der Waals surface area contributed by atoms with Crippen molar-refractivity contribution in [1.82, 2.24) is 15.1 Å². The average Bonchev–Trinajstić information content (AvgIpc) is 3.05. The van der Waals surface area contributed by atoms with Gasteiger partial charge in [0.1, 0.15) is 0 Å². The molecule has 2 fully saturated rings. The number of nitrogens with one attached hydrogen (secondary N) is 1. The Balaban J connectivity index is 1.52. The number of hydrogen-bond acceptors (Lipinski definition) is 3. The van der Waals surface area contributed by atoms with E-state index in [0.29, 0.717) is 6.04 Å². The van der Waals surface area contributed by atoms with Crippen LogP contribution in [0, 0.1) is 5.92 Å². The molecule has 1 atom stereocenters. The zero-order valence-corrected chi connectivity index (χ0v) is 10.7. The summed E-state index contributed by atoms with van der Waals surface area (Å²) in [7, 11) is 2.07. The van der Waals surface area contributed by atoms with Crippen molar-refractivity contribution >= 4 is 0 Å². The number of allylic oxidation sites excluding steroid dienone is 1. The first-order chi connectivity index (χ1) is 8.35. The van der Waals surface area contributed by atoms with Crippen molar-refractivity contribution in [2.24, 2.45) is 5.92 Å². The second-order valence-electron chi connectivity index (χ2n) is 5.56. The van der Waals surface area contributed by atoms with Crippen LogP contribution in [0.1, 0.15) is 19.3 Å². The van der Waals surface area contributed by atoms with Crippen molar-refractivity contribution in [3.8, 4) is 0 Å². The Hall–Kier alpha value is -0.960. The highest BCUT2D eigenvalue weighted by molar-refractivity contribution is 5.23. The normalized spacial score (nSPS) is 28.8. The Bertz CT molecular complexity index is 330. The van der Waals surface area contributed by atoms with Crippen LogP contribution >= 0.6 is 0 Å². The van der Waals surface area contributed by atoms with Crippen LogP contribution in [0.5, 0.6) is 0 Å². The van der Waals surface area contributed by atoms with Crippen LogP contribution in [0.2, 0.25) is 0 Å². The van der Waals surface area contributed by atoms with E-state index in [2.05, 4.69) is 40.5 Å². The Morgan fingerprint density at radius 3 is 2.82 bits per heavy atom. The van der Waals surface area contributed by atoms with Crippen molar-refractivity contribution in [3.05, 3.63) is 24.0 Å². The summed E-state index contributed by atoms with van der Waals surface area (Å²) in [6.07, 6.45) is 11.1. The lowest BCUT2D eigenvalue weighted by Gasteiger charge is -2.27. The Kier molecular flexibility index (Phi) is 3.10. The van der Waals surface area contributed by atoms with E-state index >= 15 is 0 Å². The smallest absolute Gasteiger partial charge is 0.0377 e. The van der Waals surface area contributed by atoms with Crippen LogP contribution in [-0.4, -0.2) is 49.1 Å². The molecule has 1 saturated heterocycles. The van der Waals surface area contributed by atoms with E-state index in [1.54, 1.807) is 0 Å². The van der Waals surface area contributed by atoms with Crippen molar-refractivity contribution in [2.45, 2.75) is 25.3 Å². The van der Waals surface area contributed by atoms with E-state index in [1.807, 2.05) is 0 Å². The molecule has 94 valence electrons. The van der Waals surface area contributed by atoms with Crippen molar-refractivity contribution in [1.29, 1.82) is 0 Å². The molecule has 0 aromatic carbocycles. The summed E-state index contributed by atoms with van der Waals surface area (Å²) in [5.41, 5.74) is 1.43. The summed E-state index contributed by atoms with van der Waals surface area (Å²) < 4.78 is 0. The maximum atomic E-state index is 3.37. The zero-order valence-electron chi connectivity index (χ0n) is 10.7. The lowest BCUT2D eigenvalue weighted by molar-refractivity contribution is 0.368. The molecule has 2 heterocycles. The van der Waals surface area contributed by atoms with E-state index in [1.165, 1.54) is 38.0 Å². The van der Waals surface area contributed by atoms with Gasteiger partial charge in [0.25, 0.3) is 0 Å². The van der Waals surface area contributed by atoms with E-state index < -0.39 is 0 Å². The molecular weight excluding hydrogens is 210 g/mol. The second-order valence-corrected chi connectivity index (χ2v) is 5.56. The molecule has 17 heavy (non-hydrogen) atoms. The number of nitrogens with zero attached hydrogens (tertiary/aromatic N) is 2. The van der Waals surface area contributed by atoms with Crippen LogP contribution in [0.15, 0.2) is 24.0 Å². The van der Waals surface area contributed by atoms with Gasteiger partial charge in [-0.05, 0) is 44.4 Å². The van der Waals surface area contributed by atoms with Crippen LogP contribution in [-0.2, 0) is 0 Å². The van der Waals surface area contributed by atoms with Gasteiger partial charge in [0.15, 0.2) is 0 Å². The van der Waals surface area contributed by atoms with Gasteiger partial charge in [0, 0.05) is 44.1 Å². The van der Waals surface area contributed by atoms with Crippen LogP contribution in [0.4, 0.5) is 0 Å². The standard InChI is InChI=1S/C14H23N3/c1-15-13-4-9-17(11-13)14-5-7-16(8-6-14)10-12-2-3-12/h5-7,12-13,15H,2-4,8-11H2,1H3/t13-/m1/s1. The molecule has 0 amide bonds. The van der Waals surface area contributed by atoms with E-state index in [4.69, 9.17) is 0 Å². The minimum atomic E-state index is 0.675. The molecule has 3 aliphatic rings. The minimum Gasteiger partial charge on any atom is -0.373 e. The number of likely N-dealkylation sites (N-methyl/N-ethyl adjacent to an activating group) is 1. The summed E-state index contributed by atoms with van der Waals surface area (Å²) in [5.74, 6) is 0.982. The topological polar surface area (TPSA) is 18.5 Å². The Morgan fingerprint density at radius 1 is 1.35 bits per heavy atom. The fraction of sp³-hybridized carbons (Fsp3) is 0.714. The monoisotopic (exact) mass is 233 g/mol. The fourth-order valence-corrected chi connectivity index (χ4v) is 2.75. The molecule has 0 aromatic rings. The third-order valence-electron chi connectivity index (χ3n) is 4.14. The molecule has 3 rings (SSSR count). The zero-order chi connectivity index (χ0) is 11.7. The molecule has 3 nitrogen and oxygen atoms in total. The first kappa shape index (κ1) is 11.1. The number of likely N-dealkylation sites (tertiary alicyclic amines) is 1. The van der Waals surface area contributed by atoms with Gasteiger partial charge in [-0.25, -0.2) is 0 Å². The highest BCUT2D eigenvalue weighted by Gasteiger charge is 2.25. The summed E-state index contributed by atoms with van der Waals surface area (Å²) in [6.45, 7) is 4.72. The van der Waals surface area contributed by atoms with Gasteiger partial charge in [-0.2, -0.15) is 0 Å². The van der Waals surface area contributed by atoms with Gasteiger partial charge >= 0.3 is 0 Å². The van der Waals surface area contributed by atoms with E-state index in [9.17, 15) is 0 Å². The van der Waals surface area contributed by atoms with Gasteiger partial charge in [-0.15, -0.1) is 0 Å². The van der Waals surface area contributed by atoms with Gasteiger partial charge in [-0.1, -0.05) is 0 Å². The molecule has 1 N–H and O–H groups in total. The van der Waals surface area contributed by atoms with Gasteiger partial charge < -0.3 is 15.1 Å². The minimum absolute atomic E-state index is 0.675. The van der Waals surface area contributed by atoms with Crippen LogP contribution in [0.25, 0.3) is 0 Å². The predicted octanol–water partition coefficient (Wildman–Crippen LogP) is 1.40. The highest BCUT2D eigenvalue weighted by Crippen LogP contribution is 2.30. The summed E-state index contributed by atoms with van der Waals surface area (Å²) in [6, 6.07) is 0.675. The summed E-state index contributed by atoms with van der Waals surface area (Å²) in [4.78, 5) is 4.96. The molecule has 0 unspecified atom stereocenters. The maximum absolute atomic E-state index is 3.37. The Morgan fingerprint density at radius 2 is 2.24 bits per heavy atom. The second kappa shape index (κ2) is 4.73. The van der Waals surface area contributed by atoms with E-state index in [-0.39, 0.29) is 0 Å². The SMILES string of the molecule is CN[C@@H]1CCN(C2=CCN(CC3CC3)C=C2)C1. The van der Waals surface area contributed by atoms with Gasteiger partial charge in [0.2, 0.25) is 0 Å². The number of hydrogen-bond donors (Lipinski definition) is 1. The van der Waals surface area contributed by atoms with Crippen LogP contribution < -0.4 is 5.32 Å². The lowest BCUT2D eigenvalue weighted by atomic mass is 10.2. The molecule has 0 aromatic heterocycles. The molecule has 1 aliphatic carbocycles. The van der Waals surface area contributed by atoms with Crippen molar-refractivity contribution in [3.63, 3.8) is 0 Å². The molecule has 0 spiro atoms. The summed E-state index contributed by atoms with van der Waals surface area (Å²) >= 11 is 0. The van der Waals surface area contributed by atoms with Gasteiger partial charge in [-0.3, -0.25) is 0 Å². The Labute approximate surface area is 104 Å². The summed E-state index contributed by atoms with van der Waals surface area (Å²) in [5, 5.41) is 3.37. The predicted molar refractivity (Wildman–Crippen MR) is 70.6 cm³/mol. The lowest BCUT2D eigenvalue weighted by Crippen LogP contribution is -2.31. The molecule has 3 heteroatoms. The quantitative estimate of drug-likeness (QED) is 0.792. The average molecular weight is 233 g/mol. The third kappa shape index (κ3) is 2.65. The van der Waals surface area contributed by atoms with Crippen molar-refractivity contribution < 1.29 is 0 Å². The maximum Gasteiger partial charge on any atom is 0.0377 e. The molecule has 0 bridgehead atoms. The van der Waals surface area contributed by atoms with Crippen LogP contribution in [0.3, 0.4) is 0 Å². The molecule has 2 aliphatic heterocycles. The molecular formula is C14H23N3. The first-order valence-electron chi connectivity index (χ1n) is 6.90. The van der Waals surface area contributed by atoms with Crippen molar-refractivity contribution in [2.75, 3.05) is 33.2 Å². The molecule has 0 radical (unpaired) electrons. The molecule has 1 saturated carbocycles. The largest absolute Gasteiger partial charge is 0.373 e. The van der Waals surface area contributed by atoms with Gasteiger partial charge in [0.05, 0.1) is 0 Å². The van der Waals surface area contributed by atoms with E-state index in [0.717, 1.165) is 19.0 Å². The number of rotatable bonds is 4. The first-order valence-corrected chi connectivity index (χ1v) is 6.90. The third-order valence-corrected chi connectivity index (χ3v) is 4.14. The fourth-order valence-electron chi connectivity index (χ4n) is 2.75. The highest BCUT2D eigenvalue weighted by atomic mass is 15.2.